The average molecular weight is 552 g/mol. The van der Waals surface area contributed by atoms with Gasteiger partial charge in [-0.25, -0.2) is 8.42 Å². The van der Waals surface area contributed by atoms with Gasteiger partial charge in [-0.1, -0.05) is 61.9 Å². The number of amides is 2. The molecule has 3 rings (SSSR count). The molecule has 0 fully saturated rings. The van der Waals surface area contributed by atoms with Crippen molar-refractivity contribution in [2.45, 2.75) is 40.3 Å². The lowest BCUT2D eigenvalue weighted by Gasteiger charge is -2.31. The number of nitrogens with zero attached hydrogens (tertiary/aromatic N) is 2. The summed E-state index contributed by atoms with van der Waals surface area (Å²) in [5.41, 5.74) is 2.19. The largest absolute Gasteiger partial charge is 0.457 e. The average Bonchev–Trinajstić information content (AvgIpc) is 2.89. The topological polar surface area (TPSA) is 96.0 Å². The standard InChI is InChI=1S/C30H37N3O5S/c1-22(2)19-31-30(35)24(4)32(20-25-11-9-10-23(3)18-25)29(34)21-33(39(5,36)37)26-14-16-28(17-15-26)38-27-12-7-6-8-13-27/h6-18,22,24H,19-21H2,1-5H3,(H,31,35)/t24-/m0/s1. The van der Waals surface area contributed by atoms with Gasteiger partial charge in [-0.2, -0.15) is 0 Å². The lowest BCUT2D eigenvalue weighted by molar-refractivity contribution is -0.139. The molecule has 1 N–H and O–H groups in total. The molecule has 0 aliphatic heterocycles. The zero-order chi connectivity index (χ0) is 28.6. The first-order valence-electron chi connectivity index (χ1n) is 12.9. The van der Waals surface area contributed by atoms with Crippen molar-refractivity contribution in [3.05, 3.63) is 90.0 Å². The van der Waals surface area contributed by atoms with Gasteiger partial charge in [-0.15, -0.1) is 0 Å². The maximum Gasteiger partial charge on any atom is 0.244 e. The Morgan fingerprint density at radius 2 is 1.54 bits per heavy atom. The van der Waals surface area contributed by atoms with Gasteiger partial charge in [-0.05, 0) is 61.7 Å². The summed E-state index contributed by atoms with van der Waals surface area (Å²) < 4.78 is 32.4. The maximum absolute atomic E-state index is 13.7. The molecule has 2 amide bonds. The molecule has 0 spiro atoms. The van der Waals surface area contributed by atoms with Crippen molar-refractivity contribution >= 4 is 27.5 Å². The molecule has 0 saturated heterocycles. The number of aryl methyl sites for hydroxylation is 1. The summed E-state index contributed by atoms with van der Waals surface area (Å²) >= 11 is 0. The fourth-order valence-corrected chi connectivity index (χ4v) is 4.81. The van der Waals surface area contributed by atoms with E-state index < -0.39 is 28.5 Å². The Bertz CT molecular complexity index is 1360. The van der Waals surface area contributed by atoms with Crippen LogP contribution >= 0.6 is 0 Å². The first-order chi connectivity index (χ1) is 18.4. The summed E-state index contributed by atoms with van der Waals surface area (Å²) in [6.07, 6.45) is 1.05. The third kappa shape index (κ3) is 8.85. The number of carbonyl (C=O) groups excluding carboxylic acids is 2. The van der Waals surface area contributed by atoms with E-state index in [0.29, 0.717) is 23.7 Å². The molecule has 3 aromatic carbocycles. The first-order valence-corrected chi connectivity index (χ1v) is 14.7. The number of para-hydroxylation sites is 1. The lowest BCUT2D eigenvalue weighted by atomic mass is 10.1. The molecule has 3 aromatic rings. The van der Waals surface area contributed by atoms with Gasteiger partial charge in [0.25, 0.3) is 0 Å². The predicted octanol–water partition coefficient (Wildman–Crippen LogP) is 4.74. The van der Waals surface area contributed by atoms with Crippen molar-refractivity contribution in [1.82, 2.24) is 10.2 Å². The van der Waals surface area contributed by atoms with Crippen LogP contribution in [0.5, 0.6) is 11.5 Å². The molecule has 0 heterocycles. The normalized spacial score (nSPS) is 12.1. The van der Waals surface area contributed by atoms with Crippen LogP contribution in [0.1, 0.15) is 31.9 Å². The van der Waals surface area contributed by atoms with E-state index >= 15 is 0 Å². The van der Waals surface area contributed by atoms with Crippen LogP contribution in [0.3, 0.4) is 0 Å². The van der Waals surface area contributed by atoms with Gasteiger partial charge in [-0.3, -0.25) is 13.9 Å². The van der Waals surface area contributed by atoms with E-state index in [9.17, 15) is 18.0 Å². The summed E-state index contributed by atoms with van der Waals surface area (Å²) in [7, 11) is -3.82. The highest BCUT2D eigenvalue weighted by atomic mass is 32.2. The van der Waals surface area contributed by atoms with Crippen molar-refractivity contribution in [3.8, 4) is 11.5 Å². The highest BCUT2D eigenvalue weighted by Crippen LogP contribution is 2.26. The SMILES string of the molecule is Cc1cccc(CN(C(=O)CN(c2ccc(Oc3ccccc3)cc2)S(C)(=O)=O)[C@@H](C)C(=O)NCC(C)C)c1. The first kappa shape index (κ1) is 29.7. The number of nitrogens with one attached hydrogen (secondary N) is 1. The van der Waals surface area contributed by atoms with E-state index in [-0.39, 0.29) is 18.4 Å². The molecular formula is C30H37N3O5S. The van der Waals surface area contributed by atoms with Gasteiger partial charge >= 0.3 is 0 Å². The number of anilines is 1. The van der Waals surface area contributed by atoms with Gasteiger partial charge in [0, 0.05) is 13.1 Å². The summed E-state index contributed by atoms with van der Waals surface area (Å²) in [6, 6.07) is 22.6. The molecule has 39 heavy (non-hydrogen) atoms. The molecule has 0 radical (unpaired) electrons. The molecule has 208 valence electrons. The van der Waals surface area contributed by atoms with E-state index in [1.54, 1.807) is 31.2 Å². The van der Waals surface area contributed by atoms with Gasteiger partial charge in [0.15, 0.2) is 0 Å². The quantitative estimate of drug-likeness (QED) is 0.351. The predicted molar refractivity (Wildman–Crippen MR) is 154 cm³/mol. The molecular weight excluding hydrogens is 514 g/mol. The smallest absolute Gasteiger partial charge is 0.244 e. The van der Waals surface area contributed by atoms with Crippen LogP contribution < -0.4 is 14.4 Å². The zero-order valence-corrected chi connectivity index (χ0v) is 23.9. The molecule has 1 atom stereocenters. The molecule has 0 saturated carbocycles. The van der Waals surface area contributed by atoms with E-state index in [2.05, 4.69) is 5.32 Å². The van der Waals surface area contributed by atoms with Crippen LogP contribution in [0.2, 0.25) is 0 Å². The molecule has 0 bridgehead atoms. The Morgan fingerprint density at radius 3 is 2.13 bits per heavy atom. The second-order valence-electron chi connectivity index (χ2n) is 10.0. The number of hydrogen-bond acceptors (Lipinski definition) is 5. The molecule has 8 nitrogen and oxygen atoms in total. The molecule has 0 aliphatic carbocycles. The number of benzene rings is 3. The number of sulfonamides is 1. The van der Waals surface area contributed by atoms with Crippen molar-refractivity contribution in [2.24, 2.45) is 5.92 Å². The zero-order valence-electron chi connectivity index (χ0n) is 23.1. The van der Waals surface area contributed by atoms with Crippen LogP contribution in [-0.4, -0.2) is 50.5 Å². The van der Waals surface area contributed by atoms with E-state index in [1.807, 2.05) is 75.4 Å². The van der Waals surface area contributed by atoms with Crippen molar-refractivity contribution in [2.75, 3.05) is 23.7 Å². The van der Waals surface area contributed by atoms with Crippen LogP contribution in [0.15, 0.2) is 78.9 Å². The highest BCUT2D eigenvalue weighted by Gasteiger charge is 2.30. The number of carbonyl (C=O) groups is 2. The Kier molecular flexibility index (Phi) is 10.1. The third-order valence-electron chi connectivity index (χ3n) is 6.07. The van der Waals surface area contributed by atoms with Crippen LogP contribution in [-0.2, 0) is 26.2 Å². The third-order valence-corrected chi connectivity index (χ3v) is 7.21. The van der Waals surface area contributed by atoms with Crippen molar-refractivity contribution < 1.29 is 22.7 Å². The Hall–Kier alpha value is -3.85. The monoisotopic (exact) mass is 551 g/mol. The Balaban J connectivity index is 1.85. The minimum absolute atomic E-state index is 0.165. The summed E-state index contributed by atoms with van der Waals surface area (Å²) in [5, 5.41) is 2.88. The second-order valence-corrected chi connectivity index (χ2v) is 11.9. The van der Waals surface area contributed by atoms with Gasteiger partial charge < -0.3 is 15.0 Å². The minimum Gasteiger partial charge on any atom is -0.457 e. The molecule has 0 unspecified atom stereocenters. The fraction of sp³-hybridized carbons (Fsp3) is 0.333. The summed E-state index contributed by atoms with van der Waals surface area (Å²) in [6.45, 7) is 7.77. The fourth-order valence-electron chi connectivity index (χ4n) is 3.96. The van der Waals surface area contributed by atoms with E-state index in [4.69, 9.17) is 4.74 Å². The van der Waals surface area contributed by atoms with E-state index in [0.717, 1.165) is 21.7 Å². The van der Waals surface area contributed by atoms with Crippen LogP contribution in [0.25, 0.3) is 0 Å². The van der Waals surface area contributed by atoms with Gasteiger partial charge in [0.05, 0.1) is 11.9 Å². The van der Waals surface area contributed by atoms with Crippen LogP contribution in [0, 0.1) is 12.8 Å². The van der Waals surface area contributed by atoms with Gasteiger partial charge in [0.2, 0.25) is 21.8 Å². The number of rotatable bonds is 12. The number of hydrogen-bond donors (Lipinski definition) is 1. The highest BCUT2D eigenvalue weighted by molar-refractivity contribution is 7.92. The second kappa shape index (κ2) is 13.3. The summed E-state index contributed by atoms with van der Waals surface area (Å²) in [5.74, 6) is 0.645. The van der Waals surface area contributed by atoms with Gasteiger partial charge in [0.1, 0.15) is 24.1 Å². The van der Waals surface area contributed by atoms with Crippen molar-refractivity contribution in [3.63, 3.8) is 0 Å². The Labute approximate surface area is 231 Å². The molecule has 0 aromatic heterocycles. The molecule has 9 heteroatoms. The van der Waals surface area contributed by atoms with Crippen molar-refractivity contribution in [1.29, 1.82) is 0 Å². The Morgan fingerprint density at radius 1 is 0.897 bits per heavy atom. The minimum atomic E-state index is -3.82. The summed E-state index contributed by atoms with van der Waals surface area (Å²) in [4.78, 5) is 28.0. The van der Waals surface area contributed by atoms with Crippen LogP contribution in [0.4, 0.5) is 5.69 Å². The lowest BCUT2D eigenvalue weighted by Crippen LogP contribution is -2.51. The number of ether oxygens (including phenoxy) is 1. The molecule has 0 aliphatic rings. The maximum atomic E-state index is 13.7. The van der Waals surface area contributed by atoms with E-state index in [1.165, 1.54) is 4.90 Å².